The number of rotatable bonds is 4. The molecule has 3 aromatic carbocycles. The van der Waals surface area contributed by atoms with E-state index in [1.165, 1.54) is 0 Å². The molecule has 3 aromatic rings. The quantitative estimate of drug-likeness (QED) is 0.368. The minimum Gasteiger partial charge on any atom is -0.497 e. The van der Waals surface area contributed by atoms with Gasteiger partial charge in [-0.1, -0.05) is 36.1 Å². The molecule has 0 amide bonds. The highest BCUT2D eigenvalue weighted by atomic mass is 16.6. The van der Waals surface area contributed by atoms with Crippen molar-refractivity contribution in [2.24, 2.45) is 0 Å². The lowest BCUT2D eigenvalue weighted by molar-refractivity contribution is -0.384. The second kappa shape index (κ2) is 8.34. The van der Waals surface area contributed by atoms with Gasteiger partial charge in [0, 0.05) is 24.2 Å². The van der Waals surface area contributed by atoms with Gasteiger partial charge in [-0.25, -0.2) is 0 Å². The van der Waals surface area contributed by atoms with Gasteiger partial charge in [0.05, 0.1) is 18.1 Å². The van der Waals surface area contributed by atoms with Gasteiger partial charge in [-0.2, -0.15) is 0 Å². The van der Waals surface area contributed by atoms with Gasteiger partial charge in [-0.3, -0.25) is 15.0 Å². The standard InChI is InChI=1S/C24H22N2O3/c1-29-24-13-9-20-15-18(4-8-21(20)16-24)5-10-22-3-2-14-25(22)17-19-6-11-23(12-7-19)26(27)28/h4,6-9,11-13,15-16,22H,2-3,14,17H2,1H3. The second-order valence-electron chi connectivity index (χ2n) is 7.25. The van der Waals surface area contributed by atoms with Crippen molar-refractivity contribution in [3.63, 3.8) is 0 Å². The molecule has 1 atom stereocenters. The van der Waals surface area contributed by atoms with Crippen LogP contribution in [0.15, 0.2) is 60.7 Å². The number of nitro benzene ring substituents is 1. The zero-order chi connectivity index (χ0) is 20.2. The van der Waals surface area contributed by atoms with Crippen molar-refractivity contribution >= 4 is 16.5 Å². The summed E-state index contributed by atoms with van der Waals surface area (Å²) in [6, 6.07) is 19.3. The van der Waals surface area contributed by atoms with E-state index in [0.717, 1.165) is 53.6 Å². The van der Waals surface area contributed by atoms with Crippen molar-refractivity contribution < 1.29 is 9.66 Å². The average Bonchev–Trinajstić information content (AvgIpc) is 3.19. The van der Waals surface area contributed by atoms with Crippen molar-refractivity contribution in [1.29, 1.82) is 0 Å². The van der Waals surface area contributed by atoms with Crippen molar-refractivity contribution in [3.8, 4) is 17.6 Å². The van der Waals surface area contributed by atoms with Gasteiger partial charge in [-0.05, 0) is 60.0 Å². The largest absolute Gasteiger partial charge is 0.497 e. The smallest absolute Gasteiger partial charge is 0.269 e. The zero-order valence-corrected chi connectivity index (χ0v) is 16.3. The Morgan fingerprint density at radius 1 is 1.10 bits per heavy atom. The summed E-state index contributed by atoms with van der Waals surface area (Å²) < 4.78 is 5.28. The highest BCUT2D eigenvalue weighted by Gasteiger charge is 2.22. The Kier molecular flexibility index (Phi) is 5.46. The summed E-state index contributed by atoms with van der Waals surface area (Å²) in [6.45, 7) is 1.75. The number of hydrogen-bond acceptors (Lipinski definition) is 4. The van der Waals surface area contributed by atoms with E-state index in [4.69, 9.17) is 4.74 Å². The number of benzene rings is 3. The van der Waals surface area contributed by atoms with Crippen molar-refractivity contribution in [3.05, 3.63) is 81.9 Å². The third kappa shape index (κ3) is 4.39. The Bertz CT molecular complexity index is 1100. The van der Waals surface area contributed by atoms with Crippen LogP contribution < -0.4 is 4.74 Å². The third-order valence-electron chi connectivity index (χ3n) is 5.33. The summed E-state index contributed by atoms with van der Waals surface area (Å²) in [5.41, 5.74) is 2.20. The summed E-state index contributed by atoms with van der Waals surface area (Å²) in [5, 5.41) is 13.1. The molecule has 5 heteroatoms. The summed E-state index contributed by atoms with van der Waals surface area (Å²) in [7, 11) is 1.67. The number of methoxy groups -OCH3 is 1. The van der Waals surface area contributed by atoms with Crippen molar-refractivity contribution in [2.75, 3.05) is 13.7 Å². The molecule has 0 radical (unpaired) electrons. The lowest BCUT2D eigenvalue weighted by Crippen LogP contribution is -2.27. The molecule has 5 nitrogen and oxygen atoms in total. The van der Waals surface area contributed by atoms with Gasteiger partial charge in [0.15, 0.2) is 0 Å². The highest BCUT2D eigenvalue weighted by Crippen LogP contribution is 2.23. The molecular weight excluding hydrogens is 364 g/mol. The molecule has 1 aliphatic rings. The Labute approximate surface area is 170 Å². The minimum absolute atomic E-state index is 0.125. The lowest BCUT2D eigenvalue weighted by atomic mass is 10.1. The highest BCUT2D eigenvalue weighted by molar-refractivity contribution is 5.85. The average molecular weight is 386 g/mol. The van der Waals surface area contributed by atoms with Crippen LogP contribution >= 0.6 is 0 Å². The predicted octanol–water partition coefficient (Wildman–Crippen LogP) is 4.77. The summed E-state index contributed by atoms with van der Waals surface area (Å²) in [6.07, 6.45) is 2.16. The number of likely N-dealkylation sites (tertiary alicyclic amines) is 1. The topological polar surface area (TPSA) is 55.6 Å². The molecule has 0 bridgehead atoms. The first-order valence-corrected chi connectivity index (χ1v) is 9.69. The van der Waals surface area contributed by atoms with Crippen LogP contribution in [-0.2, 0) is 6.54 Å². The van der Waals surface area contributed by atoms with Crippen LogP contribution in [0.5, 0.6) is 5.75 Å². The Morgan fingerprint density at radius 3 is 2.62 bits per heavy atom. The predicted molar refractivity (Wildman–Crippen MR) is 114 cm³/mol. The van der Waals surface area contributed by atoms with Crippen LogP contribution in [0, 0.1) is 22.0 Å². The first-order chi connectivity index (χ1) is 14.1. The van der Waals surface area contributed by atoms with E-state index in [0.29, 0.717) is 0 Å². The van der Waals surface area contributed by atoms with Crippen LogP contribution in [0.4, 0.5) is 5.69 Å². The fourth-order valence-corrected chi connectivity index (χ4v) is 3.73. The summed E-state index contributed by atoms with van der Waals surface area (Å²) in [4.78, 5) is 12.8. The van der Waals surface area contributed by atoms with E-state index in [1.807, 2.05) is 30.3 Å². The molecule has 1 unspecified atom stereocenters. The van der Waals surface area contributed by atoms with Crippen LogP contribution in [-0.4, -0.2) is 29.5 Å². The second-order valence-corrected chi connectivity index (χ2v) is 7.25. The summed E-state index contributed by atoms with van der Waals surface area (Å²) in [5.74, 6) is 7.61. The van der Waals surface area contributed by atoms with E-state index >= 15 is 0 Å². The van der Waals surface area contributed by atoms with Crippen LogP contribution in [0.1, 0.15) is 24.0 Å². The first-order valence-electron chi connectivity index (χ1n) is 9.69. The summed E-state index contributed by atoms with van der Waals surface area (Å²) >= 11 is 0. The van der Waals surface area contributed by atoms with Gasteiger partial charge in [0.2, 0.25) is 0 Å². The number of nitro groups is 1. The fourth-order valence-electron chi connectivity index (χ4n) is 3.73. The maximum Gasteiger partial charge on any atom is 0.269 e. The van der Waals surface area contributed by atoms with E-state index < -0.39 is 0 Å². The number of hydrogen-bond donors (Lipinski definition) is 0. The van der Waals surface area contributed by atoms with E-state index in [9.17, 15) is 10.1 Å². The minimum atomic E-state index is -0.368. The molecule has 4 rings (SSSR count). The number of ether oxygens (including phenoxy) is 1. The molecule has 0 N–H and O–H groups in total. The number of nitrogens with zero attached hydrogens (tertiary/aromatic N) is 2. The Morgan fingerprint density at radius 2 is 1.86 bits per heavy atom. The molecule has 1 saturated heterocycles. The zero-order valence-electron chi connectivity index (χ0n) is 16.3. The van der Waals surface area contributed by atoms with Crippen LogP contribution in [0.3, 0.4) is 0 Å². The van der Waals surface area contributed by atoms with Gasteiger partial charge >= 0.3 is 0 Å². The van der Waals surface area contributed by atoms with E-state index in [-0.39, 0.29) is 16.7 Å². The molecule has 146 valence electrons. The van der Waals surface area contributed by atoms with Crippen molar-refractivity contribution in [2.45, 2.75) is 25.4 Å². The SMILES string of the molecule is COc1ccc2cc(C#CC3CCCN3Cc3ccc([N+](=O)[O-])cc3)ccc2c1. The van der Waals surface area contributed by atoms with Crippen molar-refractivity contribution in [1.82, 2.24) is 4.90 Å². The van der Waals surface area contributed by atoms with Gasteiger partial charge in [0.1, 0.15) is 5.75 Å². The Balaban J connectivity index is 1.48. The molecule has 1 aliphatic heterocycles. The molecular formula is C24H22N2O3. The molecule has 29 heavy (non-hydrogen) atoms. The number of fused-ring (bicyclic) bond motifs is 1. The number of non-ortho nitro benzene ring substituents is 1. The third-order valence-corrected chi connectivity index (χ3v) is 5.33. The lowest BCUT2D eigenvalue weighted by Gasteiger charge is -2.20. The molecule has 0 aliphatic carbocycles. The van der Waals surface area contributed by atoms with Crippen LogP contribution in [0.2, 0.25) is 0 Å². The molecule has 0 spiro atoms. The monoisotopic (exact) mass is 386 g/mol. The maximum absolute atomic E-state index is 10.8. The van der Waals surface area contributed by atoms with Gasteiger partial charge in [0.25, 0.3) is 5.69 Å². The molecule has 0 aromatic heterocycles. The molecule has 0 saturated carbocycles. The van der Waals surface area contributed by atoms with Gasteiger partial charge < -0.3 is 4.74 Å². The first kappa shape index (κ1) is 19.0. The van der Waals surface area contributed by atoms with E-state index in [1.54, 1.807) is 19.2 Å². The molecule has 1 fully saturated rings. The maximum atomic E-state index is 10.8. The van der Waals surface area contributed by atoms with Gasteiger partial charge in [-0.15, -0.1) is 0 Å². The fraction of sp³-hybridized carbons (Fsp3) is 0.250. The molecule has 1 heterocycles. The van der Waals surface area contributed by atoms with E-state index in [2.05, 4.69) is 34.9 Å². The Hall–Kier alpha value is -3.36. The normalized spacial score (nSPS) is 16.4. The van der Waals surface area contributed by atoms with Crippen LogP contribution in [0.25, 0.3) is 10.8 Å².